The first kappa shape index (κ1) is 54.0. The number of hydrogen-bond acceptors (Lipinski definition) is 7. The lowest BCUT2D eigenvalue weighted by atomic mass is 10.0. The van der Waals surface area contributed by atoms with Crippen LogP contribution in [-0.2, 0) is 32.7 Å². The second kappa shape index (κ2) is 38.5. The summed E-state index contributed by atoms with van der Waals surface area (Å²) in [7, 11) is 1.49. The van der Waals surface area contributed by atoms with Crippen LogP contribution in [0.25, 0.3) is 0 Å². The molecule has 1 N–H and O–H groups in total. The molecule has 328 valence electrons. The van der Waals surface area contributed by atoms with E-state index in [4.69, 9.17) is 18.5 Å². The minimum atomic E-state index is -4.37. The summed E-state index contributed by atoms with van der Waals surface area (Å²) in [6, 6.07) is 0. The maximum absolute atomic E-state index is 12.7. The largest absolute Gasteiger partial charge is 0.472 e. The van der Waals surface area contributed by atoms with Gasteiger partial charge in [-0.2, -0.15) is 0 Å². The van der Waals surface area contributed by atoms with Crippen LogP contribution in [0.1, 0.15) is 226 Å². The Morgan fingerprint density at radius 1 is 0.491 bits per heavy atom. The fourth-order valence-electron chi connectivity index (χ4n) is 6.72. The highest BCUT2D eigenvalue weighted by atomic mass is 31.2. The first-order chi connectivity index (χ1) is 26.5. The molecule has 0 saturated carbocycles. The highest BCUT2D eigenvalue weighted by Crippen LogP contribution is 2.43. The van der Waals surface area contributed by atoms with Gasteiger partial charge in [0.25, 0.3) is 0 Å². The highest BCUT2D eigenvalue weighted by Gasteiger charge is 2.27. The predicted molar refractivity (Wildman–Crippen MR) is 229 cm³/mol. The first-order valence-corrected chi connectivity index (χ1v) is 24.8. The smallest absolute Gasteiger partial charge is 0.462 e. The van der Waals surface area contributed by atoms with E-state index in [0.717, 1.165) is 38.5 Å². The molecule has 55 heavy (non-hydrogen) atoms. The normalized spacial score (nSPS) is 13.5. The van der Waals surface area contributed by atoms with Crippen LogP contribution in [0.4, 0.5) is 0 Å². The molecule has 0 spiro atoms. The molecule has 0 rings (SSSR count). The molecule has 2 atom stereocenters. The Labute approximate surface area is 340 Å². The van der Waals surface area contributed by atoms with E-state index in [1.807, 2.05) is 21.1 Å². The van der Waals surface area contributed by atoms with Crippen molar-refractivity contribution in [3.63, 3.8) is 0 Å². The number of likely N-dealkylation sites (N-methyl/N-ethyl adjacent to an activating group) is 1. The van der Waals surface area contributed by atoms with E-state index in [1.54, 1.807) is 0 Å². The average molecular weight is 805 g/mol. The Hall–Kier alpha value is -0.990. The summed E-state index contributed by atoms with van der Waals surface area (Å²) in [4.78, 5) is 35.4. The molecule has 0 fully saturated rings. The van der Waals surface area contributed by atoms with Gasteiger partial charge < -0.3 is 18.9 Å². The molecular weight excluding hydrogens is 713 g/mol. The third kappa shape index (κ3) is 42.4. The van der Waals surface area contributed by atoms with Crippen LogP contribution in [0.3, 0.4) is 0 Å². The monoisotopic (exact) mass is 805 g/mol. The Morgan fingerprint density at radius 2 is 0.818 bits per heavy atom. The fourth-order valence-corrected chi connectivity index (χ4v) is 7.46. The van der Waals surface area contributed by atoms with E-state index in [1.165, 1.54) is 161 Å². The Balaban J connectivity index is 4.28. The summed E-state index contributed by atoms with van der Waals surface area (Å²) >= 11 is 0. The van der Waals surface area contributed by atoms with E-state index >= 15 is 0 Å². The van der Waals surface area contributed by atoms with Crippen molar-refractivity contribution in [3.8, 4) is 0 Å². The van der Waals surface area contributed by atoms with Crippen LogP contribution in [-0.4, -0.2) is 74.9 Å². The Bertz CT molecular complexity index is 912. The van der Waals surface area contributed by atoms with E-state index in [0.29, 0.717) is 17.4 Å². The second-order valence-electron chi connectivity index (χ2n) is 17.2. The molecule has 0 aliphatic rings. The number of carbonyl (C=O) groups is 2. The standard InChI is InChI=1S/C45H90NO8P/c1-6-8-10-12-14-16-18-20-22-23-24-26-28-30-32-34-36-38-45(48)54-43(42-53-55(49,50)52-40-39-46(3,4)5)41-51-44(47)37-35-33-31-29-27-25-21-19-17-15-13-11-9-7-2/h43H,6-42H2,1-5H3/p+1/t43-/m1/s1. The number of ether oxygens (including phenoxy) is 2. The lowest BCUT2D eigenvalue weighted by Crippen LogP contribution is -2.37. The lowest BCUT2D eigenvalue weighted by molar-refractivity contribution is -0.870. The Kier molecular flexibility index (Phi) is 37.8. The molecule has 0 aliphatic carbocycles. The van der Waals surface area contributed by atoms with Gasteiger partial charge in [-0.25, -0.2) is 4.57 Å². The number of rotatable bonds is 43. The van der Waals surface area contributed by atoms with Crippen LogP contribution >= 0.6 is 7.82 Å². The van der Waals surface area contributed by atoms with Gasteiger partial charge in [0, 0.05) is 12.8 Å². The SMILES string of the molecule is CCCCCCCCCCCCCCCCCCCC(=O)O[C@H](COC(=O)CCCCCCCCCCCCCCCC)COP(=O)(O)OCC[N+](C)(C)C. The van der Waals surface area contributed by atoms with Crippen molar-refractivity contribution in [1.82, 2.24) is 0 Å². The van der Waals surface area contributed by atoms with E-state index < -0.39 is 26.5 Å². The molecule has 10 heteroatoms. The molecule has 1 unspecified atom stereocenters. The summed E-state index contributed by atoms with van der Waals surface area (Å²) in [5.74, 6) is -0.782. The molecule has 0 radical (unpaired) electrons. The number of phosphoric acid groups is 1. The summed E-state index contributed by atoms with van der Waals surface area (Å²) < 4.78 is 34.4. The van der Waals surface area contributed by atoms with Gasteiger partial charge in [0.1, 0.15) is 19.8 Å². The van der Waals surface area contributed by atoms with Gasteiger partial charge in [-0.1, -0.05) is 200 Å². The summed E-state index contributed by atoms with van der Waals surface area (Å²) in [5, 5.41) is 0. The number of hydrogen-bond donors (Lipinski definition) is 1. The zero-order chi connectivity index (χ0) is 40.7. The van der Waals surface area contributed by atoms with Crippen LogP contribution < -0.4 is 0 Å². The molecule has 0 aromatic heterocycles. The van der Waals surface area contributed by atoms with Crippen molar-refractivity contribution in [2.45, 2.75) is 232 Å². The summed E-state index contributed by atoms with van der Waals surface area (Å²) in [5.41, 5.74) is 0. The maximum Gasteiger partial charge on any atom is 0.472 e. The fraction of sp³-hybridized carbons (Fsp3) is 0.956. The second-order valence-corrected chi connectivity index (χ2v) is 18.6. The lowest BCUT2D eigenvalue weighted by Gasteiger charge is -2.24. The summed E-state index contributed by atoms with van der Waals surface area (Å²) in [6.07, 6.45) is 38.5. The summed E-state index contributed by atoms with van der Waals surface area (Å²) in [6.45, 7) is 4.47. The van der Waals surface area contributed by atoms with Crippen molar-refractivity contribution in [2.75, 3.05) is 47.5 Å². The average Bonchev–Trinajstić information content (AvgIpc) is 3.13. The highest BCUT2D eigenvalue weighted by molar-refractivity contribution is 7.47. The molecule has 0 heterocycles. The van der Waals surface area contributed by atoms with E-state index in [9.17, 15) is 19.0 Å². The quantitative estimate of drug-likeness (QED) is 0.0281. The minimum Gasteiger partial charge on any atom is -0.462 e. The maximum atomic E-state index is 12.7. The Morgan fingerprint density at radius 3 is 1.16 bits per heavy atom. The van der Waals surface area contributed by atoms with Crippen molar-refractivity contribution in [3.05, 3.63) is 0 Å². The number of nitrogens with zero attached hydrogens (tertiary/aromatic N) is 1. The molecule has 0 bridgehead atoms. The van der Waals surface area contributed by atoms with E-state index in [2.05, 4.69) is 13.8 Å². The number of quaternary nitrogens is 1. The first-order valence-electron chi connectivity index (χ1n) is 23.3. The molecule has 0 aromatic rings. The number of phosphoric ester groups is 1. The topological polar surface area (TPSA) is 108 Å². The van der Waals surface area contributed by atoms with Gasteiger partial charge >= 0.3 is 19.8 Å². The number of unbranched alkanes of at least 4 members (excludes halogenated alkanes) is 29. The van der Waals surface area contributed by atoms with Gasteiger partial charge in [-0.05, 0) is 12.8 Å². The molecule has 0 saturated heterocycles. The van der Waals surface area contributed by atoms with Gasteiger partial charge in [0.05, 0.1) is 27.7 Å². The molecule has 0 amide bonds. The molecular formula is C45H91NO8P+. The van der Waals surface area contributed by atoms with Gasteiger partial charge in [0.2, 0.25) is 0 Å². The van der Waals surface area contributed by atoms with Crippen molar-refractivity contribution in [1.29, 1.82) is 0 Å². The van der Waals surface area contributed by atoms with E-state index in [-0.39, 0.29) is 25.6 Å². The minimum absolute atomic E-state index is 0.0369. The van der Waals surface area contributed by atoms with Gasteiger partial charge in [-0.15, -0.1) is 0 Å². The van der Waals surface area contributed by atoms with Crippen LogP contribution in [0.5, 0.6) is 0 Å². The number of carbonyl (C=O) groups excluding carboxylic acids is 2. The third-order valence-electron chi connectivity index (χ3n) is 10.4. The van der Waals surface area contributed by atoms with Crippen molar-refractivity contribution < 1.29 is 42.1 Å². The van der Waals surface area contributed by atoms with Gasteiger partial charge in [0.15, 0.2) is 6.10 Å². The van der Waals surface area contributed by atoms with Gasteiger partial charge in [-0.3, -0.25) is 18.6 Å². The van der Waals surface area contributed by atoms with Crippen LogP contribution in [0.2, 0.25) is 0 Å². The predicted octanol–water partition coefficient (Wildman–Crippen LogP) is 13.2. The van der Waals surface area contributed by atoms with Crippen molar-refractivity contribution >= 4 is 19.8 Å². The molecule has 0 aromatic carbocycles. The van der Waals surface area contributed by atoms with Crippen molar-refractivity contribution in [2.24, 2.45) is 0 Å². The third-order valence-corrected chi connectivity index (χ3v) is 11.4. The molecule has 9 nitrogen and oxygen atoms in total. The van der Waals surface area contributed by atoms with Crippen LogP contribution in [0, 0.1) is 0 Å². The number of esters is 2. The molecule has 0 aliphatic heterocycles. The van der Waals surface area contributed by atoms with Crippen LogP contribution in [0.15, 0.2) is 0 Å². The zero-order valence-electron chi connectivity index (χ0n) is 36.9. The zero-order valence-corrected chi connectivity index (χ0v) is 37.8.